The predicted molar refractivity (Wildman–Crippen MR) is 125 cm³/mol. The molecule has 0 saturated carbocycles. The average Bonchev–Trinajstić information content (AvgIpc) is 3.36. The van der Waals surface area contributed by atoms with E-state index in [0.717, 1.165) is 17.4 Å². The van der Waals surface area contributed by atoms with Gasteiger partial charge in [-0.3, -0.25) is 0 Å². The molecule has 0 saturated heterocycles. The van der Waals surface area contributed by atoms with Crippen LogP contribution in [0.25, 0.3) is 10.6 Å². The van der Waals surface area contributed by atoms with Crippen molar-refractivity contribution >= 4 is 11.3 Å². The number of ether oxygens (including phenoxy) is 2. The number of nitrogens with two attached hydrogens (primary N) is 1. The van der Waals surface area contributed by atoms with Gasteiger partial charge in [-0.25, -0.2) is 0 Å². The summed E-state index contributed by atoms with van der Waals surface area (Å²) >= 11 is 1.05. The Labute approximate surface area is 204 Å². The summed E-state index contributed by atoms with van der Waals surface area (Å²) in [6, 6.07) is 12.4. The second-order valence-corrected chi connectivity index (χ2v) is 8.81. The Morgan fingerprint density at radius 2 is 1.74 bits per heavy atom. The molecule has 2 aromatic carbocycles. The number of hydrogen-bond acceptors (Lipinski definition) is 8. The van der Waals surface area contributed by atoms with Crippen molar-refractivity contribution in [3.8, 4) is 28.1 Å². The van der Waals surface area contributed by atoms with Gasteiger partial charge >= 0.3 is 6.18 Å². The highest BCUT2D eigenvalue weighted by Crippen LogP contribution is 2.40. The molecule has 0 bridgehead atoms. The topological polar surface area (TPSA) is 114 Å². The summed E-state index contributed by atoms with van der Waals surface area (Å²) in [5.74, 6) is 0.348. The van der Waals surface area contributed by atoms with Crippen molar-refractivity contribution in [3.05, 3.63) is 58.6 Å². The first-order valence-electron chi connectivity index (χ1n) is 10.9. The molecule has 0 amide bonds. The van der Waals surface area contributed by atoms with Gasteiger partial charge in [-0.15, -0.1) is 10.2 Å². The van der Waals surface area contributed by atoms with Crippen LogP contribution in [0.2, 0.25) is 0 Å². The van der Waals surface area contributed by atoms with Crippen LogP contribution in [0.5, 0.6) is 11.5 Å². The van der Waals surface area contributed by atoms with Crippen molar-refractivity contribution in [2.75, 3.05) is 19.8 Å². The second kappa shape index (κ2) is 11.5. The molecule has 0 aliphatic rings. The molecule has 186 valence electrons. The highest BCUT2D eigenvalue weighted by atomic mass is 32.1. The van der Waals surface area contributed by atoms with Gasteiger partial charge in [0.2, 0.25) is 0 Å². The van der Waals surface area contributed by atoms with Crippen molar-refractivity contribution < 1.29 is 27.8 Å². The predicted octanol–water partition coefficient (Wildman–Crippen LogP) is 4.89. The summed E-state index contributed by atoms with van der Waals surface area (Å²) in [6.45, 7) is 1.89. The zero-order valence-electron chi connectivity index (χ0n) is 19.0. The molecule has 3 N–H and O–H groups in total. The van der Waals surface area contributed by atoms with Gasteiger partial charge in [0.05, 0.1) is 42.6 Å². The lowest BCUT2D eigenvalue weighted by Gasteiger charge is -2.21. The van der Waals surface area contributed by atoms with E-state index >= 15 is 0 Å². The SMILES string of the molecule is CC[C@](N)(CO)c1nnc(-c2ccc(OCCCCOc3ccc(C#N)cc3)c(C(F)(F)F)c2)s1. The summed E-state index contributed by atoms with van der Waals surface area (Å²) in [5.41, 5.74) is 4.88. The minimum absolute atomic E-state index is 0.0881. The highest BCUT2D eigenvalue weighted by Gasteiger charge is 2.35. The van der Waals surface area contributed by atoms with Gasteiger partial charge in [0.15, 0.2) is 0 Å². The van der Waals surface area contributed by atoms with E-state index in [-0.39, 0.29) is 29.5 Å². The third-order valence-electron chi connectivity index (χ3n) is 5.34. The van der Waals surface area contributed by atoms with E-state index in [1.165, 1.54) is 12.1 Å². The molecule has 0 spiro atoms. The number of halogens is 3. The fraction of sp³-hybridized carbons (Fsp3) is 0.375. The molecule has 3 rings (SSSR count). The molecule has 7 nitrogen and oxygen atoms in total. The molecule has 0 radical (unpaired) electrons. The zero-order chi connectivity index (χ0) is 25.5. The van der Waals surface area contributed by atoms with Gasteiger partial charge in [0, 0.05) is 5.56 Å². The summed E-state index contributed by atoms with van der Waals surface area (Å²) in [6.07, 6.45) is -3.15. The van der Waals surface area contributed by atoms with E-state index < -0.39 is 17.3 Å². The number of hydrogen-bond donors (Lipinski definition) is 2. The number of nitrogens with zero attached hydrogens (tertiary/aromatic N) is 3. The van der Waals surface area contributed by atoms with E-state index in [0.29, 0.717) is 42.2 Å². The van der Waals surface area contributed by atoms with Gasteiger partial charge in [0.1, 0.15) is 21.5 Å². The lowest BCUT2D eigenvalue weighted by Crippen LogP contribution is -2.39. The lowest BCUT2D eigenvalue weighted by atomic mass is 10.0. The first-order valence-corrected chi connectivity index (χ1v) is 11.7. The van der Waals surface area contributed by atoms with Crippen molar-refractivity contribution in [3.63, 3.8) is 0 Å². The van der Waals surface area contributed by atoms with Crippen LogP contribution in [-0.4, -0.2) is 35.1 Å². The largest absolute Gasteiger partial charge is 0.494 e. The average molecular weight is 507 g/mol. The normalized spacial score (nSPS) is 13.2. The standard InChI is InChI=1S/C24H25F3N4O3S/c1-2-23(29,15-32)22-31-30-21(35-22)17-7-10-20(19(13-17)24(25,26)27)34-12-4-3-11-33-18-8-5-16(14-28)6-9-18/h5-10,13,32H,2-4,11-12,15,29H2,1H3/t23-/m0/s1. The van der Waals surface area contributed by atoms with E-state index in [2.05, 4.69) is 10.2 Å². The molecule has 35 heavy (non-hydrogen) atoms. The minimum atomic E-state index is -4.62. The monoisotopic (exact) mass is 506 g/mol. The summed E-state index contributed by atoms with van der Waals surface area (Å²) in [4.78, 5) is 0. The van der Waals surface area contributed by atoms with E-state index in [1.54, 1.807) is 31.2 Å². The Morgan fingerprint density at radius 3 is 2.34 bits per heavy atom. The van der Waals surface area contributed by atoms with Crippen LogP contribution in [0.4, 0.5) is 13.2 Å². The van der Waals surface area contributed by atoms with Crippen LogP contribution in [0, 0.1) is 11.3 Å². The molecule has 11 heteroatoms. The first-order chi connectivity index (χ1) is 16.7. The molecule has 1 aromatic heterocycles. The number of aromatic nitrogens is 2. The van der Waals surface area contributed by atoms with Crippen molar-refractivity contribution in [2.24, 2.45) is 5.73 Å². The fourth-order valence-corrected chi connectivity index (χ4v) is 4.09. The van der Waals surface area contributed by atoms with E-state index in [4.69, 9.17) is 20.5 Å². The molecular formula is C24H25F3N4O3S. The number of alkyl halides is 3. The first kappa shape index (κ1) is 26.4. The maximum atomic E-state index is 13.7. The van der Waals surface area contributed by atoms with Crippen LogP contribution < -0.4 is 15.2 Å². The second-order valence-electron chi connectivity index (χ2n) is 7.83. The van der Waals surface area contributed by atoms with Crippen LogP contribution >= 0.6 is 11.3 Å². The maximum absolute atomic E-state index is 13.7. The van der Waals surface area contributed by atoms with Crippen LogP contribution in [-0.2, 0) is 11.7 Å². The summed E-state index contributed by atoms with van der Waals surface area (Å²) < 4.78 is 52.1. The van der Waals surface area contributed by atoms with E-state index in [9.17, 15) is 18.3 Å². The molecule has 3 aromatic rings. The third kappa shape index (κ3) is 6.69. The van der Waals surface area contributed by atoms with Crippen molar-refractivity contribution in [1.82, 2.24) is 10.2 Å². The zero-order valence-corrected chi connectivity index (χ0v) is 19.8. The molecule has 0 unspecified atom stereocenters. The smallest absolute Gasteiger partial charge is 0.419 e. The molecule has 0 aliphatic heterocycles. The fourth-order valence-electron chi connectivity index (χ4n) is 3.08. The number of nitriles is 1. The number of benzene rings is 2. The number of aliphatic hydroxyl groups excluding tert-OH is 1. The Bertz CT molecular complexity index is 1160. The quantitative estimate of drug-likeness (QED) is 0.356. The van der Waals surface area contributed by atoms with E-state index in [1.807, 2.05) is 6.07 Å². The Kier molecular flexibility index (Phi) is 8.67. The number of unbranched alkanes of at least 4 members (excludes halogenated alkanes) is 1. The highest BCUT2D eigenvalue weighted by molar-refractivity contribution is 7.14. The van der Waals surface area contributed by atoms with Gasteiger partial charge in [-0.1, -0.05) is 18.3 Å². The van der Waals surface area contributed by atoms with Gasteiger partial charge in [0.25, 0.3) is 0 Å². The molecule has 1 atom stereocenters. The molecule has 0 aliphatic carbocycles. The van der Waals surface area contributed by atoms with Crippen LogP contribution in [0.15, 0.2) is 42.5 Å². The molecule has 0 fully saturated rings. The van der Waals surface area contributed by atoms with Crippen LogP contribution in [0.3, 0.4) is 0 Å². The van der Waals surface area contributed by atoms with Gasteiger partial charge < -0.3 is 20.3 Å². The van der Waals surface area contributed by atoms with Crippen molar-refractivity contribution in [2.45, 2.75) is 37.9 Å². The Morgan fingerprint density at radius 1 is 1.06 bits per heavy atom. The summed E-state index contributed by atoms with van der Waals surface area (Å²) in [5, 5.41) is 26.9. The Hall–Kier alpha value is -3.20. The third-order valence-corrected chi connectivity index (χ3v) is 6.54. The summed E-state index contributed by atoms with van der Waals surface area (Å²) in [7, 11) is 0. The molecular weight excluding hydrogens is 481 g/mol. The van der Waals surface area contributed by atoms with Crippen LogP contribution in [0.1, 0.15) is 42.3 Å². The maximum Gasteiger partial charge on any atom is 0.419 e. The Balaban J connectivity index is 1.61. The number of rotatable bonds is 11. The lowest BCUT2D eigenvalue weighted by molar-refractivity contribution is -0.138. The van der Waals surface area contributed by atoms with Gasteiger partial charge in [-0.05, 0) is 61.7 Å². The van der Waals surface area contributed by atoms with Gasteiger partial charge in [-0.2, -0.15) is 18.4 Å². The van der Waals surface area contributed by atoms with Crippen molar-refractivity contribution in [1.29, 1.82) is 5.26 Å². The molecule has 1 heterocycles. The minimum Gasteiger partial charge on any atom is -0.494 e. The number of aliphatic hydroxyl groups is 1.